The average Bonchev–Trinajstić information content (AvgIpc) is 3.60. The number of rotatable bonds is 12. The molecule has 2 saturated carbocycles. The van der Waals surface area contributed by atoms with Gasteiger partial charge in [0, 0.05) is 37.8 Å². The molecule has 3 heterocycles. The van der Waals surface area contributed by atoms with Gasteiger partial charge in [-0.3, -0.25) is 0 Å². The van der Waals surface area contributed by atoms with Crippen molar-refractivity contribution in [3.63, 3.8) is 0 Å². The van der Waals surface area contributed by atoms with Crippen molar-refractivity contribution in [1.82, 2.24) is 24.5 Å². The third-order valence-electron chi connectivity index (χ3n) is 9.05. The molecule has 0 aromatic carbocycles. The Bertz CT molecular complexity index is 990. The van der Waals surface area contributed by atoms with Crippen LogP contribution >= 0.6 is 0 Å². The quantitative estimate of drug-likeness (QED) is 0.305. The molecule has 1 unspecified atom stereocenters. The minimum atomic E-state index is 0.328. The fourth-order valence-electron chi connectivity index (χ4n) is 6.75. The van der Waals surface area contributed by atoms with E-state index in [0.29, 0.717) is 36.1 Å². The lowest BCUT2D eigenvalue weighted by molar-refractivity contribution is -0.00722. The summed E-state index contributed by atoms with van der Waals surface area (Å²) < 4.78 is 8.49. The van der Waals surface area contributed by atoms with Gasteiger partial charge in [0.2, 0.25) is 5.95 Å². The van der Waals surface area contributed by atoms with E-state index in [9.17, 15) is 0 Å². The van der Waals surface area contributed by atoms with Gasteiger partial charge >= 0.3 is 0 Å². The number of ether oxygens (including phenoxy) is 1. The van der Waals surface area contributed by atoms with Gasteiger partial charge in [-0.25, -0.2) is 9.99 Å². The third-order valence-corrected chi connectivity index (χ3v) is 9.05. The predicted molar refractivity (Wildman–Crippen MR) is 154 cm³/mol. The van der Waals surface area contributed by atoms with Gasteiger partial charge in [0.1, 0.15) is 0 Å². The highest BCUT2D eigenvalue weighted by Crippen LogP contribution is 2.34. The van der Waals surface area contributed by atoms with Crippen LogP contribution in [-0.4, -0.2) is 62.4 Å². The largest absolute Gasteiger partial charge is 0.378 e. The fourth-order valence-corrected chi connectivity index (χ4v) is 6.75. The SMILES string of the molecule is CCCCCC(OCC)C1CCN(Nc2nc(NC3CCC(N)CC3)nc3c2ncn3C2CCCC2)CC1. The standard InChI is InChI=1S/C29H50N8O/c1-3-5-6-11-25(38-4-2)21-16-18-36(19-17-21)35-27-26-28(37(20-31-26)24-9-7-8-10-24)34-29(33-27)32-23-14-12-22(30)13-15-23/h20-25H,3-19,30H2,1-2H3,(H2,32,33,34,35). The van der Waals surface area contributed by atoms with E-state index in [0.717, 1.165) is 75.2 Å². The second kappa shape index (κ2) is 13.4. The second-order valence-electron chi connectivity index (χ2n) is 11.8. The van der Waals surface area contributed by atoms with Crippen LogP contribution in [0.3, 0.4) is 0 Å². The highest BCUT2D eigenvalue weighted by Gasteiger charge is 2.29. The summed E-state index contributed by atoms with van der Waals surface area (Å²) in [6, 6.07) is 1.19. The van der Waals surface area contributed by atoms with Crippen molar-refractivity contribution in [2.24, 2.45) is 11.7 Å². The number of hydrazine groups is 1. The Balaban J connectivity index is 1.29. The molecule has 1 saturated heterocycles. The minimum absolute atomic E-state index is 0.328. The van der Waals surface area contributed by atoms with E-state index in [4.69, 9.17) is 25.4 Å². The van der Waals surface area contributed by atoms with Gasteiger partial charge < -0.3 is 25.8 Å². The maximum Gasteiger partial charge on any atom is 0.227 e. The molecule has 0 radical (unpaired) electrons. The predicted octanol–water partition coefficient (Wildman–Crippen LogP) is 5.65. The molecule has 3 fully saturated rings. The zero-order valence-electron chi connectivity index (χ0n) is 23.7. The molecule has 1 atom stereocenters. The number of fused-ring (bicyclic) bond motifs is 1. The molecule has 9 heteroatoms. The fraction of sp³-hybridized carbons (Fsp3) is 0.828. The van der Waals surface area contributed by atoms with E-state index in [-0.39, 0.29) is 0 Å². The summed E-state index contributed by atoms with van der Waals surface area (Å²) in [5, 5.41) is 5.97. The molecule has 0 amide bonds. The number of nitrogens with two attached hydrogens (primary N) is 1. The van der Waals surface area contributed by atoms with E-state index < -0.39 is 0 Å². The molecule has 2 aliphatic carbocycles. The van der Waals surface area contributed by atoms with E-state index in [1.54, 1.807) is 0 Å². The first-order valence-electron chi connectivity index (χ1n) is 15.5. The van der Waals surface area contributed by atoms with Gasteiger partial charge in [-0.1, -0.05) is 39.0 Å². The normalized spacial score (nSPS) is 24.7. The lowest BCUT2D eigenvalue weighted by Gasteiger charge is -2.36. The third kappa shape index (κ3) is 6.77. The first kappa shape index (κ1) is 27.6. The van der Waals surface area contributed by atoms with E-state index in [1.807, 2.05) is 6.33 Å². The van der Waals surface area contributed by atoms with Crippen molar-refractivity contribution in [3.8, 4) is 0 Å². The first-order valence-corrected chi connectivity index (χ1v) is 15.5. The second-order valence-corrected chi connectivity index (χ2v) is 11.8. The summed E-state index contributed by atoms with van der Waals surface area (Å²) in [6.45, 7) is 7.18. The van der Waals surface area contributed by atoms with E-state index in [2.05, 4.69) is 34.2 Å². The summed E-state index contributed by atoms with van der Waals surface area (Å²) in [4.78, 5) is 14.8. The summed E-state index contributed by atoms with van der Waals surface area (Å²) >= 11 is 0. The number of nitrogens with zero attached hydrogens (tertiary/aromatic N) is 5. The average molecular weight is 527 g/mol. The monoisotopic (exact) mass is 526 g/mol. The Kier molecular flexibility index (Phi) is 9.73. The van der Waals surface area contributed by atoms with Gasteiger partial charge in [0.25, 0.3) is 0 Å². The molecule has 4 N–H and O–H groups in total. The first-order chi connectivity index (χ1) is 18.6. The van der Waals surface area contributed by atoms with Gasteiger partial charge in [-0.05, 0) is 70.6 Å². The molecule has 0 spiro atoms. The lowest BCUT2D eigenvalue weighted by Crippen LogP contribution is -2.42. The molecule has 1 aliphatic heterocycles. The molecular formula is C29H50N8O. The molecule has 2 aromatic rings. The highest BCUT2D eigenvalue weighted by atomic mass is 16.5. The number of anilines is 2. The lowest BCUT2D eigenvalue weighted by atomic mass is 9.89. The van der Waals surface area contributed by atoms with Crippen LogP contribution in [0, 0.1) is 5.92 Å². The Labute approximate surface area is 228 Å². The molecule has 5 rings (SSSR count). The molecule has 212 valence electrons. The highest BCUT2D eigenvalue weighted by molar-refractivity contribution is 5.84. The number of hydrogen-bond acceptors (Lipinski definition) is 8. The van der Waals surface area contributed by atoms with E-state index >= 15 is 0 Å². The zero-order chi connectivity index (χ0) is 26.3. The van der Waals surface area contributed by atoms with Crippen LogP contribution in [0.15, 0.2) is 6.33 Å². The summed E-state index contributed by atoms with van der Waals surface area (Å²) in [7, 11) is 0. The van der Waals surface area contributed by atoms with Crippen molar-refractivity contribution in [1.29, 1.82) is 0 Å². The van der Waals surface area contributed by atoms with Gasteiger partial charge in [-0.2, -0.15) is 9.97 Å². The number of nitrogens with one attached hydrogen (secondary N) is 2. The molecule has 3 aliphatic rings. The Morgan fingerprint density at radius 2 is 1.76 bits per heavy atom. The van der Waals surface area contributed by atoms with Crippen LogP contribution in [0.4, 0.5) is 11.8 Å². The minimum Gasteiger partial charge on any atom is -0.378 e. The maximum atomic E-state index is 6.20. The van der Waals surface area contributed by atoms with Crippen molar-refractivity contribution in [2.75, 3.05) is 30.4 Å². The number of hydrogen-bond donors (Lipinski definition) is 3. The van der Waals surface area contributed by atoms with Crippen LogP contribution < -0.4 is 16.5 Å². The topological polar surface area (TPSA) is 106 Å². The van der Waals surface area contributed by atoms with Crippen molar-refractivity contribution < 1.29 is 4.74 Å². The Hall–Kier alpha value is -1.97. The van der Waals surface area contributed by atoms with Crippen molar-refractivity contribution >= 4 is 22.9 Å². The Morgan fingerprint density at radius 1 is 1.00 bits per heavy atom. The molecule has 9 nitrogen and oxygen atoms in total. The van der Waals surface area contributed by atoms with Gasteiger partial charge in [0.15, 0.2) is 17.0 Å². The van der Waals surface area contributed by atoms with E-state index in [1.165, 1.54) is 51.4 Å². The number of imidazole rings is 1. The maximum absolute atomic E-state index is 6.20. The summed E-state index contributed by atoms with van der Waals surface area (Å²) in [5.41, 5.74) is 11.6. The van der Waals surface area contributed by atoms with Crippen LogP contribution in [-0.2, 0) is 4.74 Å². The number of unbranched alkanes of at least 4 members (excludes halogenated alkanes) is 2. The van der Waals surface area contributed by atoms with Crippen molar-refractivity contribution in [2.45, 2.75) is 128 Å². The van der Waals surface area contributed by atoms with Gasteiger partial charge in [-0.15, -0.1) is 0 Å². The zero-order valence-corrected chi connectivity index (χ0v) is 23.7. The van der Waals surface area contributed by atoms with Crippen LogP contribution in [0.25, 0.3) is 11.2 Å². The van der Waals surface area contributed by atoms with Gasteiger partial charge in [0.05, 0.1) is 12.4 Å². The molecule has 2 aromatic heterocycles. The van der Waals surface area contributed by atoms with Crippen LogP contribution in [0.1, 0.15) is 110 Å². The smallest absolute Gasteiger partial charge is 0.227 e. The molecular weight excluding hydrogens is 476 g/mol. The van der Waals surface area contributed by atoms with Crippen LogP contribution in [0.2, 0.25) is 0 Å². The van der Waals surface area contributed by atoms with Crippen LogP contribution in [0.5, 0.6) is 0 Å². The van der Waals surface area contributed by atoms with Crippen molar-refractivity contribution in [3.05, 3.63) is 6.33 Å². The number of piperidine rings is 1. The molecule has 0 bridgehead atoms. The summed E-state index contributed by atoms with van der Waals surface area (Å²) in [5.74, 6) is 2.17. The Morgan fingerprint density at radius 3 is 2.47 bits per heavy atom. The molecule has 38 heavy (non-hydrogen) atoms. The number of aromatic nitrogens is 4. The summed E-state index contributed by atoms with van der Waals surface area (Å²) in [6.07, 6.45) is 18.9.